The first-order valence-corrected chi connectivity index (χ1v) is 8.55. The molecule has 0 aliphatic rings. The SMILES string of the molecule is COc1ccc(F)c(-c2ccc(Cl)cc2NC(=O)c2cccnc2C(F)(F)F)c1. The second kappa shape index (κ2) is 8.08. The average Bonchev–Trinajstić information content (AvgIpc) is 2.68. The fourth-order valence-electron chi connectivity index (χ4n) is 2.70. The van der Waals surface area contributed by atoms with E-state index in [-0.39, 0.29) is 21.8 Å². The normalized spacial score (nSPS) is 11.2. The van der Waals surface area contributed by atoms with E-state index in [1.165, 1.54) is 49.6 Å². The van der Waals surface area contributed by atoms with Gasteiger partial charge in [-0.1, -0.05) is 17.7 Å². The molecule has 3 rings (SSSR count). The summed E-state index contributed by atoms with van der Waals surface area (Å²) >= 11 is 5.97. The zero-order chi connectivity index (χ0) is 21.2. The number of aromatic nitrogens is 1. The van der Waals surface area contributed by atoms with Crippen LogP contribution < -0.4 is 10.1 Å². The Bertz CT molecular complexity index is 1070. The van der Waals surface area contributed by atoms with Gasteiger partial charge in [0.2, 0.25) is 0 Å². The van der Waals surface area contributed by atoms with Gasteiger partial charge in [-0.25, -0.2) is 4.39 Å². The molecule has 0 atom stereocenters. The van der Waals surface area contributed by atoms with Crippen molar-refractivity contribution in [2.75, 3.05) is 12.4 Å². The second-order valence-electron chi connectivity index (χ2n) is 5.89. The lowest BCUT2D eigenvalue weighted by Crippen LogP contribution is -2.20. The molecular formula is C20H13ClF4N2O2. The fraction of sp³-hybridized carbons (Fsp3) is 0.100. The van der Waals surface area contributed by atoms with Gasteiger partial charge in [-0.3, -0.25) is 9.78 Å². The molecule has 3 aromatic rings. The lowest BCUT2D eigenvalue weighted by atomic mass is 10.0. The van der Waals surface area contributed by atoms with Crippen LogP contribution in [0.1, 0.15) is 16.1 Å². The second-order valence-corrected chi connectivity index (χ2v) is 6.32. The molecule has 1 aromatic heterocycles. The summed E-state index contributed by atoms with van der Waals surface area (Å²) < 4.78 is 59.0. The molecular weight excluding hydrogens is 412 g/mol. The van der Waals surface area contributed by atoms with Crippen LogP contribution in [-0.4, -0.2) is 18.0 Å². The van der Waals surface area contributed by atoms with Crippen molar-refractivity contribution < 1.29 is 27.1 Å². The summed E-state index contributed by atoms with van der Waals surface area (Å²) in [6.07, 6.45) is -3.87. The molecule has 9 heteroatoms. The Morgan fingerprint density at radius 1 is 1.10 bits per heavy atom. The van der Waals surface area contributed by atoms with Crippen molar-refractivity contribution in [1.82, 2.24) is 4.98 Å². The lowest BCUT2D eigenvalue weighted by molar-refractivity contribution is -0.141. The molecule has 0 saturated heterocycles. The highest BCUT2D eigenvalue weighted by molar-refractivity contribution is 6.31. The van der Waals surface area contributed by atoms with E-state index < -0.39 is 29.2 Å². The molecule has 150 valence electrons. The average molecular weight is 425 g/mol. The number of hydrogen-bond acceptors (Lipinski definition) is 3. The number of benzene rings is 2. The van der Waals surface area contributed by atoms with Crippen LogP contribution in [0.2, 0.25) is 5.02 Å². The first kappa shape index (κ1) is 20.6. The Kier molecular flexibility index (Phi) is 5.74. The highest BCUT2D eigenvalue weighted by atomic mass is 35.5. The van der Waals surface area contributed by atoms with E-state index in [1.807, 2.05) is 0 Å². The third-order valence-corrected chi connectivity index (χ3v) is 4.25. The van der Waals surface area contributed by atoms with Gasteiger partial charge in [-0.15, -0.1) is 0 Å². The third-order valence-electron chi connectivity index (χ3n) is 4.01. The molecule has 0 aliphatic carbocycles. The van der Waals surface area contributed by atoms with Crippen LogP contribution in [0.4, 0.5) is 23.2 Å². The van der Waals surface area contributed by atoms with E-state index >= 15 is 0 Å². The molecule has 0 spiro atoms. The van der Waals surface area contributed by atoms with Gasteiger partial charge in [0.25, 0.3) is 5.91 Å². The van der Waals surface area contributed by atoms with Crippen LogP contribution in [0.15, 0.2) is 54.7 Å². The molecule has 0 unspecified atom stereocenters. The van der Waals surface area contributed by atoms with Crippen molar-refractivity contribution >= 4 is 23.2 Å². The van der Waals surface area contributed by atoms with Crippen LogP contribution in [-0.2, 0) is 6.18 Å². The van der Waals surface area contributed by atoms with Gasteiger partial charge in [-0.05, 0) is 42.5 Å². The Labute approximate surface area is 168 Å². The Morgan fingerprint density at radius 2 is 1.86 bits per heavy atom. The van der Waals surface area contributed by atoms with Crippen LogP contribution in [0.25, 0.3) is 11.1 Å². The smallest absolute Gasteiger partial charge is 0.434 e. The molecule has 0 radical (unpaired) electrons. The maximum Gasteiger partial charge on any atom is 0.434 e. The maximum atomic E-state index is 14.4. The zero-order valence-electron chi connectivity index (χ0n) is 14.8. The van der Waals surface area contributed by atoms with Gasteiger partial charge in [0.1, 0.15) is 11.6 Å². The molecule has 29 heavy (non-hydrogen) atoms. The number of amides is 1. The Balaban J connectivity index is 2.06. The van der Waals surface area contributed by atoms with Crippen molar-refractivity contribution in [3.63, 3.8) is 0 Å². The summed E-state index contributed by atoms with van der Waals surface area (Å²) in [5.41, 5.74) is -1.66. The van der Waals surface area contributed by atoms with Crippen molar-refractivity contribution in [3.05, 3.63) is 76.8 Å². The van der Waals surface area contributed by atoms with E-state index in [2.05, 4.69) is 10.3 Å². The minimum atomic E-state index is -4.82. The van der Waals surface area contributed by atoms with E-state index in [0.717, 1.165) is 12.3 Å². The summed E-state index contributed by atoms with van der Waals surface area (Å²) in [5.74, 6) is -1.31. The summed E-state index contributed by atoms with van der Waals surface area (Å²) in [6, 6.07) is 10.4. The van der Waals surface area contributed by atoms with Crippen molar-refractivity contribution in [2.45, 2.75) is 6.18 Å². The summed E-state index contributed by atoms with van der Waals surface area (Å²) in [7, 11) is 1.41. The number of methoxy groups -OCH3 is 1. The largest absolute Gasteiger partial charge is 0.497 e. The van der Waals surface area contributed by atoms with Gasteiger partial charge < -0.3 is 10.1 Å². The highest BCUT2D eigenvalue weighted by Gasteiger charge is 2.37. The third kappa shape index (κ3) is 4.48. The molecule has 4 nitrogen and oxygen atoms in total. The number of carbonyl (C=O) groups is 1. The Hall–Kier alpha value is -3.13. The number of anilines is 1. The van der Waals surface area contributed by atoms with Gasteiger partial charge in [0.05, 0.1) is 18.4 Å². The van der Waals surface area contributed by atoms with Gasteiger partial charge in [-0.2, -0.15) is 13.2 Å². The van der Waals surface area contributed by atoms with Crippen LogP contribution in [0.5, 0.6) is 5.75 Å². The molecule has 0 fully saturated rings. The van der Waals surface area contributed by atoms with E-state index in [1.54, 1.807) is 0 Å². The quantitative estimate of drug-likeness (QED) is 0.537. The molecule has 0 bridgehead atoms. The predicted octanol–water partition coefficient (Wildman–Crippen LogP) is 5.82. The number of alkyl halides is 3. The summed E-state index contributed by atoms with van der Waals surface area (Å²) in [6.45, 7) is 0. The number of nitrogens with zero attached hydrogens (tertiary/aromatic N) is 1. The molecule has 1 heterocycles. The topological polar surface area (TPSA) is 51.2 Å². The van der Waals surface area contributed by atoms with E-state index in [0.29, 0.717) is 5.75 Å². The summed E-state index contributed by atoms with van der Waals surface area (Å²) in [5, 5.41) is 2.58. The highest BCUT2D eigenvalue weighted by Crippen LogP contribution is 2.35. The fourth-order valence-corrected chi connectivity index (χ4v) is 2.87. The Morgan fingerprint density at radius 3 is 2.55 bits per heavy atom. The van der Waals surface area contributed by atoms with Gasteiger partial charge >= 0.3 is 6.18 Å². The van der Waals surface area contributed by atoms with Crippen LogP contribution in [0.3, 0.4) is 0 Å². The molecule has 1 N–H and O–H groups in total. The van der Waals surface area contributed by atoms with Crippen molar-refractivity contribution in [1.29, 1.82) is 0 Å². The number of ether oxygens (including phenoxy) is 1. The minimum Gasteiger partial charge on any atom is -0.497 e. The summed E-state index contributed by atoms with van der Waals surface area (Å²) in [4.78, 5) is 15.8. The van der Waals surface area contributed by atoms with Crippen molar-refractivity contribution in [3.8, 4) is 16.9 Å². The van der Waals surface area contributed by atoms with Gasteiger partial charge in [0.15, 0.2) is 5.69 Å². The first-order chi connectivity index (χ1) is 13.7. The molecule has 0 saturated carbocycles. The number of pyridine rings is 1. The number of halogens is 5. The van der Waals surface area contributed by atoms with Crippen LogP contribution in [0, 0.1) is 5.82 Å². The number of carbonyl (C=O) groups excluding carboxylic acids is 1. The maximum absolute atomic E-state index is 14.4. The predicted molar refractivity (Wildman–Crippen MR) is 101 cm³/mol. The van der Waals surface area contributed by atoms with E-state index in [9.17, 15) is 22.4 Å². The van der Waals surface area contributed by atoms with Crippen molar-refractivity contribution in [2.24, 2.45) is 0 Å². The number of hydrogen-bond donors (Lipinski definition) is 1. The number of nitrogens with one attached hydrogen (secondary N) is 1. The van der Waals surface area contributed by atoms with Gasteiger partial charge in [0, 0.05) is 22.3 Å². The first-order valence-electron chi connectivity index (χ1n) is 8.17. The molecule has 0 aliphatic heterocycles. The minimum absolute atomic E-state index is 0.0339. The molecule has 2 aromatic carbocycles. The monoisotopic (exact) mass is 424 g/mol. The molecule has 1 amide bonds. The zero-order valence-corrected chi connectivity index (χ0v) is 15.6. The number of rotatable bonds is 4. The van der Waals surface area contributed by atoms with E-state index in [4.69, 9.17) is 16.3 Å². The standard InChI is InChI=1S/C20H13ClF4N2O2/c1-29-12-5-7-16(22)15(10-12)13-6-4-11(21)9-17(13)27-19(28)14-3-2-8-26-18(14)20(23,24)25/h2-10H,1H3,(H,27,28). The lowest BCUT2D eigenvalue weighted by Gasteiger charge is -2.15. The van der Waals surface area contributed by atoms with Crippen LogP contribution >= 0.6 is 11.6 Å².